The first-order valence-corrected chi connectivity index (χ1v) is 6.41. The molecule has 0 N–H and O–H groups in total. The molecule has 0 bridgehead atoms. The van der Waals surface area contributed by atoms with Crippen LogP contribution in [0.15, 0.2) is 24.3 Å². The van der Waals surface area contributed by atoms with E-state index in [9.17, 15) is 22.8 Å². The Morgan fingerprint density at radius 1 is 1.23 bits per heavy atom. The molecule has 0 radical (unpaired) electrons. The second kappa shape index (κ2) is 5.15. The first-order chi connectivity index (χ1) is 10.1. The number of fused-ring (bicyclic) bond motifs is 1. The van der Waals surface area contributed by atoms with Crippen LogP contribution >= 0.6 is 0 Å². The lowest BCUT2D eigenvalue weighted by atomic mass is 9.92. The minimum Gasteiger partial charge on any atom is -0.465 e. The molecule has 0 saturated carbocycles. The van der Waals surface area contributed by atoms with Gasteiger partial charge in [-0.3, -0.25) is 9.69 Å². The number of rotatable bonds is 1. The monoisotopic (exact) mass is 313 g/mol. The van der Waals surface area contributed by atoms with Crippen LogP contribution in [0.3, 0.4) is 0 Å². The van der Waals surface area contributed by atoms with E-state index >= 15 is 0 Å². The normalized spacial score (nSPS) is 16.2. The molecule has 7 heteroatoms. The molecule has 0 saturated heterocycles. The Labute approximate surface area is 125 Å². The summed E-state index contributed by atoms with van der Waals surface area (Å²) >= 11 is 0. The summed E-state index contributed by atoms with van der Waals surface area (Å²) in [6.45, 7) is 3.01. The zero-order valence-corrected chi connectivity index (χ0v) is 12.2. The van der Waals surface area contributed by atoms with Gasteiger partial charge < -0.3 is 4.74 Å². The minimum atomic E-state index is -4.99. The van der Waals surface area contributed by atoms with Crippen molar-refractivity contribution in [3.05, 3.63) is 35.4 Å². The van der Waals surface area contributed by atoms with E-state index in [1.165, 1.54) is 45.2 Å². The molecule has 1 heterocycles. The Morgan fingerprint density at radius 2 is 1.86 bits per heavy atom. The van der Waals surface area contributed by atoms with Crippen LogP contribution in [0.4, 0.5) is 18.9 Å². The molecule has 1 aliphatic heterocycles. The zero-order valence-electron chi connectivity index (χ0n) is 12.2. The number of carbonyl (C=O) groups is 2. The van der Waals surface area contributed by atoms with Crippen LogP contribution in [0.25, 0.3) is 6.08 Å². The van der Waals surface area contributed by atoms with E-state index in [4.69, 9.17) is 0 Å². The van der Waals surface area contributed by atoms with Crippen molar-refractivity contribution < 1.29 is 27.5 Å². The summed E-state index contributed by atoms with van der Waals surface area (Å²) in [6.07, 6.45) is -1.91. The van der Waals surface area contributed by atoms with Gasteiger partial charge in [-0.05, 0) is 37.6 Å². The molecule has 0 spiro atoms. The lowest BCUT2D eigenvalue weighted by Gasteiger charge is -2.40. The van der Waals surface area contributed by atoms with Crippen LogP contribution in [0.2, 0.25) is 0 Å². The molecule has 0 atom stereocenters. The van der Waals surface area contributed by atoms with E-state index in [1.54, 1.807) is 6.08 Å². The van der Waals surface area contributed by atoms with Crippen LogP contribution < -0.4 is 4.90 Å². The Balaban J connectivity index is 2.56. The molecular formula is C15H14F3NO3. The molecule has 1 aromatic rings. The fraction of sp³-hybridized carbons (Fsp3) is 0.333. The summed E-state index contributed by atoms with van der Waals surface area (Å²) in [7, 11) is 1.21. The zero-order chi connectivity index (χ0) is 16.7. The standard InChI is InChI=1S/C15H14F3NO3/c1-14(2)7-6-9-8-10(12(20)22-3)4-5-11(9)19(14)13(21)15(16,17)18/h4-8H,1-3H3. The lowest BCUT2D eigenvalue weighted by molar-refractivity contribution is -0.171. The molecule has 118 valence electrons. The van der Waals surface area contributed by atoms with Crippen molar-refractivity contribution in [2.24, 2.45) is 0 Å². The van der Waals surface area contributed by atoms with Crippen molar-refractivity contribution in [2.45, 2.75) is 25.6 Å². The summed E-state index contributed by atoms with van der Waals surface area (Å²) in [5, 5.41) is 0. The highest BCUT2D eigenvalue weighted by molar-refractivity contribution is 6.03. The number of amides is 1. The molecule has 0 fully saturated rings. The van der Waals surface area contributed by atoms with Crippen LogP contribution in [0.5, 0.6) is 0 Å². The molecule has 0 aromatic heterocycles. The van der Waals surface area contributed by atoms with Gasteiger partial charge in [-0.2, -0.15) is 13.2 Å². The van der Waals surface area contributed by atoms with Crippen LogP contribution in [-0.4, -0.2) is 30.7 Å². The smallest absolute Gasteiger partial charge is 0.465 e. The predicted octanol–water partition coefficient (Wildman–Crippen LogP) is 3.17. The van der Waals surface area contributed by atoms with Gasteiger partial charge in [-0.1, -0.05) is 12.2 Å². The Bertz CT molecular complexity index is 662. The molecule has 0 unspecified atom stereocenters. The number of benzene rings is 1. The van der Waals surface area contributed by atoms with Crippen LogP contribution in [-0.2, 0) is 9.53 Å². The largest absolute Gasteiger partial charge is 0.471 e. The Morgan fingerprint density at radius 3 is 2.41 bits per heavy atom. The maximum absolute atomic E-state index is 12.8. The first kappa shape index (κ1) is 16.1. The number of alkyl halides is 3. The number of carbonyl (C=O) groups excluding carboxylic acids is 2. The van der Waals surface area contributed by atoms with Gasteiger partial charge in [0.1, 0.15) is 0 Å². The number of halogens is 3. The van der Waals surface area contributed by atoms with E-state index in [1.807, 2.05) is 0 Å². The SMILES string of the molecule is COC(=O)c1ccc2c(c1)C=CC(C)(C)N2C(=O)C(F)(F)F. The average molecular weight is 313 g/mol. The fourth-order valence-electron chi connectivity index (χ4n) is 2.31. The van der Waals surface area contributed by atoms with E-state index in [-0.39, 0.29) is 11.3 Å². The third-order valence-corrected chi connectivity index (χ3v) is 3.38. The van der Waals surface area contributed by atoms with Crippen molar-refractivity contribution in [3.8, 4) is 0 Å². The number of anilines is 1. The summed E-state index contributed by atoms with van der Waals surface area (Å²) in [6, 6.07) is 4.04. The van der Waals surface area contributed by atoms with E-state index in [0.717, 1.165) is 0 Å². The molecular weight excluding hydrogens is 299 g/mol. The van der Waals surface area contributed by atoms with E-state index < -0.39 is 23.6 Å². The maximum Gasteiger partial charge on any atom is 0.471 e. The summed E-state index contributed by atoms with van der Waals surface area (Å²) in [4.78, 5) is 23.9. The van der Waals surface area contributed by atoms with Gasteiger partial charge in [0.2, 0.25) is 0 Å². The number of nitrogens with zero attached hydrogens (tertiary/aromatic N) is 1. The van der Waals surface area contributed by atoms with E-state index in [0.29, 0.717) is 10.5 Å². The number of methoxy groups -OCH3 is 1. The maximum atomic E-state index is 12.8. The average Bonchev–Trinajstić information content (AvgIpc) is 2.43. The summed E-state index contributed by atoms with van der Waals surface area (Å²) in [5.41, 5.74) is -0.487. The van der Waals surface area contributed by atoms with Crippen molar-refractivity contribution in [3.63, 3.8) is 0 Å². The second-order valence-corrected chi connectivity index (χ2v) is 5.39. The third kappa shape index (κ3) is 2.70. The van der Waals surface area contributed by atoms with Crippen molar-refractivity contribution >= 4 is 23.6 Å². The Kier molecular flexibility index (Phi) is 3.76. The molecule has 2 rings (SSSR count). The summed E-state index contributed by atoms with van der Waals surface area (Å²) < 4.78 is 43.1. The van der Waals surface area contributed by atoms with Gasteiger partial charge in [-0.25, -0.2) is 4.79 Å². The summed E-state index contributed by atoms with van der Waals surface area (Å²) in [5.74, 6) is -2.55. The van der Waals surface area contributed by atoms with Gasteiger partial charge in [0.05, 0.1) is 23.9 Å². The van der Waals surface area contributed by atoms with E-state index in [2.05, 4.69) is 4.74 Å². The topological polar surface area (TPSA) is 46.6 Å². The first-order valence-electron chi connectivity index (χ1n) is 6.41. The van der Waals surface area contributed by atoms with Gasteiger partial charge in [0.15, 0.2) is 0 Å². The highest BCUT2D eigenvalue weighted by Gasteiger charge is 2.48. The van der Waals surface area contributed by atoms with Gasteiger partial charge >= 0.3 is 18.1 Å². The molecule has 1 amide bonds. The molecule has 1 aromatic carbocycles. The number of ether oxygens (including phenoxy) is 1. The number of hydrogen-bond donors (Lipinski definition) is 0. The Hall–Kier alpha value is -2.31. The number of esters is 1. The lowest BCUT2D eigenvalue weighted by Crippen LogP contribution is -2.53. The second-order valence-electron chi connectivity index (χ2n) is 5.39. The molecule has 1 aliphatic rings. The van der Waals surface area contributed by atoms with Gasteiger partial charge in [-0.15, -0.1) is 0 Å². The molecule has 0 aliphatic carbocycles. The van der Waals surface area contributed by atoms with Crippen molar-refractivity contribution in [2.75, 3.05) is 12.0 Å². The van der Waals surface area contributed by atoms with Crippen molar-refractivity contribution in [1.29, 1.82) is 0 Å². The van der Waals surface area contributed by atoms with Crippen LogP contribution in [0.1, 0.15) is 29.8 Å². The highest BCUT2D eigenvalue weighted by Crippen LogP contribution is 2.38. The minimum absolute atomic E-state index is 0.0995. The highest BCUT2D eigenvalue weighted by atomic mass is 19.4. The van der Waals surface area contributed by atoms with Crippen molar-refractivity contribution in [1.82, 2.24) is 0 Å². The quantitative estimate of drug-likeness (QED) is 0.748. The molecule has 22 heavy (non-hydrogen) atoms. The van der Waals surface area contributed by atoms with Gasteiger partial charge in [0.25, 0.3) is 0 Å². The molecule has 4 nitrogen and oxygen atoms in total. The third-order valence-electron chi connectivity index (χ3n) is 3.38. The fourth-order valence-corrected chi connectivity index (χ4v) is 2.31. The van der Waals surface area contributed by atoms with Gasteiger partial charge in [0, 0.05) is 0 Å². The predicted molar refractivity (Wildman–Crippen MR) is 74.4 cm³/mol. The number of hydrogen-bond acceptors (Lipinski definition) is 3. The van der Waals surface area contributed by atoms with Crippen LogP contribution in [0, 0.1) is 0 Å².